The van der Waals surface area contributed by atoms with E-state index in [1.54, 1.807) is 11.3 Å². The second-order valence-electron chi connectivity index (χ2n) is 4.00. The molecule has 17 heavy (non-hydrogen) atoms. The minimum Gasteiger partial charge on any atom is -0.486 e. The van der Waals surface area contributed by atoms with E-state index in [9.17, 15) is 0 Å². The summed E-state index contributed by atoms with van der Waals surface area (Å²) in [7, 11) is 0. The molecule has 0 aliphatic rings. The van der Waals surface area contributed by atoms with Gasteiger partial charge in [0.1, 0.15) is 17.4 Å². The van der Waals surface area contributed by atoms with Gasteiger partial charge in [-0.2, -0.15) is 0 Å². The molecule has 0 aliphatic heterocycles. The molecule has 0 fully saturated rings. The quantitative estimate of drug-likeness (QED) is 0.817. The molecule has 0 saturated heterocycles. The lowest BCUT2D eigenvalue weighted by molar-refractivity contribution is 0.302. The Kier molecular flexibility index (Phi) is 3.79. The van der Waals surface area contributed by atoms with Crippen molar-refractivity contribution < 1.29 is 4.74 Å². The zero-order valence-electron chi connectivity index (χ0n) is 10.5. The van der Waals surface area contributed by atoms with Gasteiger partial charge in [0.15, 0.2) is 0 Å². The molecule has 2 aromatic rings. The van der Waals surface area contributed by atoms with E-state index < -0.39 is 0 Å². The van der Waals surface area contributed by atoms with Gasteiger partial charge in [0.05, 0.1) is 5.69 Å². The Balaban J connectivity index is 2.07. The van der Waals surface area contributed by atoms with E-state index in [0.717, 1.165) is 22.9 Å². The van der Waals surface area contributed by atoms with Gasteiger partial charge in [-0.15, -0.1) is 11.3 Å². The molecule has 2 rings (SSSR count). The number of para-hydroxylation sites is 1. The van der Waals surface area contributed by atoms with Gasteiger partial charge in [0.2, 0.25) is 0 Å². The van der Waals surface area contributed by atoms with Crippen molar-refractivity contribution in [1.82, 2.24) is 4.98 Å². The highest BCUT2D eigenvalue weighted by molar-refractivity contribution is 7.11. The van der Waals surface area contributed by atoms with Crippen molar-refractivity contribution in [2.24, 2.45) is 0 Å². The summed E-state index contributed by atoms with van der Waals surface area (Å²) in [5.74, 6) is 0.973. The van der Waals surface area contributed by atoms with Crippen LogP contribution < -0.4 is 4.74 Å². The molecular weight excluding hydrogens is 230 g/mol. The summed E-state index contributed by atoms with van der Waals surface area (Å²) in [5, 5.41) is 1.05. The summed E-state index contributed by atoms with van der Waals surface area (Å²) < 4.78 is 5.83. The van der Waals surface area contributed by atoms with Crippen LogP contribution in [0.5, 0.6) is 5.75 Å². The highest BCUT2D eigenvalue weighted by Gasteiger charge is 2.06. The van der Waals surface area contributed by atoms with Crippen LogP contribution in [0.4, 0.5) is 0 Å². The van der Waals surface area contributed by atoms with E-state index in [4.69, 9.17) is 4.74 Å². The summed E-state index contributed by atoms with van der Waals surface area (Å²) >= 11 is 1.71. The third-order valence-corrected chi connectivity index (χ3v) is 3.82. The predicted octanol–water partition coefficient (Wildman–Crippen LogP) is 3.90. The van der Waals surface area contributed by atoms with Crippen LogP contribution in [0.3, 0.4) is 0 Å². The minimum atomic E-state index is 0.566. The van der Waals surface area contributed by atoms with E-state index in [0.29, 0.717) is 6.61 Å². The Morgan fingerprint density at radius 1 is 1.24 bits per heavy atom. The van der Waals surface area contributed by atoms with Crippen molar-refractivity contribution in [2.75, 3.05) is 0 Å². The molecule has 0 N–H and O–H groups in total. The van der Waals surface area contributed by atoms with Crippen LogP contribution in [0.25, 0.3) is 0 Å². The monoisotopic (exact) mass is 247 g/mol. The van der Waals surface area contributed by atoms with Crippen LogP contribution in [-0.4, -0.2) is 4.98 Å². The Labute approximate surface area is 106 Å². The third-order valence-electron chi connectivity index (χ3n) is 2.78. The average Bonchev–Trinajstić information content (AvgIpc) is 2.66. The van der Waals surface area contributed by atoms with E-state index >= 15 is 0 Å². The van der Waals surface area contributed by atoms with Crippen molar-refractivity contribution >= 4 is 11.3 Å². The highest BCUT2D eigenvalue weighted by Crippen LogP contribution is 2.22. The standard InChI is InChI=1S/C14H17NOS/c1-4-12-7-5-6-8-13(12)16-9-14-15-10(2)11(3)17-14/h5-8H,4,9H2,1-3H3. The minimum absolute atomic E-state index is 0.566. The fourth-order valence-electron chi connectivity index (χ4n) is 1.68. The van der Waals surface area contributed by atoms with Gasteiger partial charge in [0, 0.05) is 4.88 Å². The van der Waals surface area contributed by atoms with Crippen molar-refractivity contribution in [2.45, 2.75) is 33.8 Å². The first-order valence-corrected chi connectivity index (χ1v) is 6.66. The molecule has 1 aromatic carbocycles. The smallest absolute Gasteiger partial charge is 0.140 e. The Bertz CT molecular complexity index is 485. The molecule has 0 unspecified atom stereocenters. The third kappa shape index (κ3) is 2.86. The van der Waals surface area contributed by atoms with Gasteiger partial charge in [-0.05, 0) is 31.9 Å². The number of rotatable bonds is 4. The summed E-state index contributed by atoms with van der Waals surface area (Å²) in [6, 6.07) is 8.18. The second kappa shape index (κ2) is 5.32. The van der Waals surface area contributed by atoms with Crippen LogP contribution in [0.15, 0.2) is 24.3 Å². The zero-order chi connectivity index (χ0) is 12.3. The van der Waals surface area contributed by atoms with Gasteiger partial charge in [-0.1, -0.05) is 25.1 Å². The Morgan fingerprint density at radius 3 is 2.65 bits per heavy atom. The Morgan fingerprint density at radius 2 is 2.00 bits per heavy atom. The van der Waals surface area contributed by atoms with E-state index in [1.165, 1.54) is 10.4 Å². The lowest BCUT2D eigenvalue weighted by atomic mass is 10.1. The number of thiazole rings is 1. The van der Waals surface area contributed by atoms with Crippen LogP contribution >= 0.6 is 11.3 Å². The first-order valence-electron chi connectivity index (χ1n) is 5.84. The lowest BCUT2D eigenvalue weighted by Gasteiger charge is -2.08. The van der Waals surface area contributed by atoms with Crippen molar-refractivity contribution in [1.29, 1.82) is 0 Å². The van der Waals surface area contributed by atoms with Gasteiger partial charge >= 0.3 is 0 Å². The van der Waals surface area contributed by atoms with Crippen LogP contribution in [0.2, 0.25) is 0 Å². The number of aryl methyl sites for hydroxylation is 3. The Hall–Kier alpha value is -1.35. The maximum atomic E-state index is 5.83. The molecule has 90 valence electrons. The second-order valence-corrected chi connectivity index (χ2v) is 5.29. The zero-order valence-corrected chi connectivity index (χ0v) is 11.3. The highest BCUT2D eigenvalue weighted by atomic mass is 32.1. The summed E-state index contributed by atoms with van der Waals surface area (Å²) in [6.07, 6.45) is 0.992. The maximum absolute atomic E-state index is 5.83. The molecule has 2 nitrogen and oxygen atoms in total. The summed E-state index contributed by atoms with van der Waals surface area (Å²) in [5.41, 5.74) is 2.36. The van der Waals surface area contributed by atoms with E-state index in [-0.39, 0.29) is 0 Å². The van der Waals surface area contributed by atoms with Gasteiger partial charge < -0.3 is 4.74 Å². The molecule has 0 spiro atoms. The average molecular weight is 247 g/mol. The van der Waals surface area contributed by atoms with Crippen molar-refractivity contribution in [3.63, 3.8) is 0 Å². The summed E-state index contributed by atoms with van der Waals surface area (Å²) in [6.45, 7) is 6.84. The fourth-order valence-corrected chi connectivity index (χ4v) is 2.52. The molecule has 1 aromatic heterocycles. The molecule has 0 aliphatic carbocycles. The molecule has 3 heteroatoms. The van der Waals surface area contributed by atoms with E-state index in [1.807, 2.05) is 25.1 Å². The lowest BCUT2D eigenvalue weighted by Crippen LogP contribution is -1.97. The number of ether oxygens (including phenoxy) is 1. The SMILES string of the molecule is CCc1ccccc1OCc1nc(C)c(C)s1. The van der Waals surface area contributed by atoms with Gasteiger partial charge in [-0.25, -0.2) is 4.98 Å². The van der Waals surface area contributed by atoms with Crippen molar-refractivity contribution in [3.05, 3.63) is 45.4 Å². The first kappa shape index (κ1) is 12.1. The molecule has 0 saturated carbocycles. The van der Waals surface area contributed by atoms with Crippen LogP contribution in [0, 0.1) is 13.8 Å². The largest absolute Gasteiger partial charge is 0.486 e. The van der Waals surface area contributed by atoms with Crippen LogP contribution in [-0.2, 0) is 13.0 Å². The number of nitrogens with zero attached hydrogens (tertiary/aromatic N) is 1. The molecule has 0 radical (unpaired) electrons. The number of hydrogen-bond acceptors (Lipinski definition) is 3. The molecule has 0 amide bonds. The van der Waals surface area contributed by atoms with Gasteiger partial charge in [-0.3, -0.25) is 0 Å². The maximum Gasteiger partial charge on any atom is 0.140 e. The predicted molar refractivity (Wildman–Crippen MR) is 71.7 cm³/mol. The number of benzene rings is 1. The number of hydrogen-bond donors (Lipinski definition) is 0. The van der Waals surface area contributed by atoms with Crippen LogP contribution in [0.1, 0.15) is 28.1 Å². The molecule has 1 heterocycles. The van der Waals surface area contributed by atoms with E-state index in [2.05, 4.69) is 24.9 Å². The first-order chi connectivity index (χ1) is 8.20. The normalized spacial score (nSPS) is 10.5. The number of aromatic nitrogens is 1. The summed E-state index contributed by atoms with van der Waals surface area (Å²) in [4.78, 5) is 5.75. The topological polar surface area (TPSA) is 22.1 Å². The van der Waals surface area contributed by atoms with Gasteiger partial charge in [0.25, 0.3) is 0 Å². The molecular formula is C14H17NOS. The fraction of sp³-hybridized carbons (Fsp3) is 0.357. The molecule has 0 bridgehead atoms. The molecule has 0 atom stereocenters. The van der Waals surface area contributed by atoms with Crippen molar-refractivity contribution in [3.8, 4) is 5.75 Å².